The maximum absolute atomic E-state index is 6.74. The summed E-state index contributed by atoms with van der Waals surface area (Å²) in [5.74, 6) is 0. The standard InChI is InChI=1S/C17H36O2Si/c1-9-11-14-13-15(12-10-2)19-20(18-14,16(3,4)5)17(6,7)8/h14-15H,9-13H2,1-8H3. The van der Waals surface area contributed by atoms with Gasteiger partial charge in [0.15, 0.2) is 0 Å². The summed E-state index contributed by atoms with van der Waals surface area (Å²) in [6, 6.07) is 0. The summed E-state index contributed by atoms with van der Waals surface area (Å²) < 4.78 is 13.5. The van der Waals surface area contributed by atoms with Crippen molar-refractivity contribution in [2.24, 2.45) is 0 Å². The molecule has 1 aliphatic heterocycles. The molecular weight excluding hydrogens is 264 g/mol. The van der Waals surface area contributed by atoms with E-state index in [1.165, 1.54) is 25.7 Å². The zero-order chi connectivity index (χ0) is 15.6. The van der Waals surface area contributed by atoms with Crippen molar-refractivity contribution < 1.29 is 8.85 Å². The van der Waals surface area contributed by atoms with Gasteiger partial charge in [0.25, 0.3) is 0 Å². The predicted octanol–water partition coefficient (Wildman–Crippen LogP) is 5.80. The molecule has 0 N–H and O–H groups in total. The summed E-state index contributed by atoms with van der Waals surface area (Å²) in [5.41, 5.74) is 0. The molecule has 1 aliphatic rings. The largest absolute Gasteiger partial charge is 0.390 e. The van der Waals surface area contributed by atoms with Gasteiger partial charge in [-0.2, -0.15) is 0 Å². The van der Waals surface area contributed by atoms with E-state index in [0.717, 1.165) is 6.42 Å². The quantitative estimate of drug-likeness (QED) is 0.611. The van der Waals surface area contributed by atoms with Gasteiger partial charge in [0.1, 0.15) is 0 Å². The van der Waals surface area contributed by atoms with Gasteiger partial charge in [0.2, 0.25) is 0 Å². The van der Waals surface area contributed by atoms with Crippen molar-refractivity contribution in [3.05, 3.63) is 0 Å². The highest BCUT2D eigenvalue weighted by molar-refractivity contribution is 6.73. The molecule has 2 unspecified atom stereocenters. The topological polar surface area (TPSA) is 18.5 Å². The van der Waals surface area contributed by atoms with Gasteiger partial charge >= 0.3 is 8.56 Å². The molecule has 0 bridgehead atoms. The fourth-order valence-corrected chi connectivity index (χ4v) is 8.80. The van der Waals surface area contributed by atoms with Crippen LogP contribution in [0.4, 0.5) is 0 Å². The molecule has 0 amide bonds. The molecule has 2 atom stereocenters. The summed E-state index contributed by atoms with van der Waals surface area (Å²) in [4.78, 5) is 0. The van der Waals surface area contributed by atoms with Crippen LogP contribution in [-0.2, 0) is 8.85 Å². The third kappa shape index (κ3) is 3.66. The van der Waals surface area contributed by atoms with Crippen LogP contribution in [0.25, 0.3) is 0 Å². The van der Waals surface area contributed by atoms with Crippen LogP contribution in [0, 0.1) is 0 Å². The van der Waals surface area contributed by atoms with Crippen LogP contribution in [0.2, 0.25) is 10.1 Å². The maximum atomic E-state index is 6.74. The number of hydrogen-bond acceptors (Lipinski definition) is 2. The normalized spacial score (nSPS) is 27.6. The van der Waals surface area contributed by atoms with Crippen molar-refractivity contribution in [3.63, 3.8) is 0 Å². The van der Waals surface area contributed by atoms with Crippen molar-refractivity contribution in [2.45, 2.75) is 110 Å². The van der Waals surface area contributed by atoms with Crippen LogP contribution in [0.5, 0.6) is 0 Å². The lowest BCUT2D eigenvalue weighted by molar-refractivity contribution is -0.0304. The smallest absolute Gasteiger partial charge is 0.349 e. The first-order valence-corrected chi connectivity index (χ1v) is 10.2. The highest BCUT2D eigenvalue weighted by Crippen LogP contribution is 2.55. The van der Waals surface area contributed by atoms with Crippen molar-refractivity contribution in [3.8, 4) is 0 Å². The second kappa shape index (κ2) is 6.49. The third-order valence-corrected chi connectivity index (χ3v) is 9.67. The fraction of sp³-hybridized carbons (Fsp3) is 1.00. The molecule has 0 aromatic rings. The Morgan fingerprint density at radius 3 is 1.40 bits per heavy atom. The Labute approximate surface area is 127 Å². The first-order chi connectivity index (χ1) is 9.07. The second-order valence-corrected chi connectivity index (χ2v) is 13.1. The average molecular weight is 301 g/mol. The molecule has 0 aliphatic carbocycles. The van der Waals surface area contributed by atoms with E-state index in [1.54, 1.807) is 0 Å². The molecule has 0 saturated carbocycles. The Balaban J connectivity index is 3.13. The molecule has 1 rings (SSSR count). The van der Waals surface area contributed by atoms with E-state index in [9.17, 15) is 0 Å². The maximum Gasteiger partial charge on any atom is 0.349 e. The van der Waals surface area contributed by atoms with Crippen LogP contribution >= 0.6 is 0 Å². The van der Waals surface area contributed by atoms with E-state index in [2.05, 4.69) is 55.4 Å². The van der Waals surface area contributed by atoms with Crippen LogP contribution in [0.1, 0.15) is 87.5 Å². The van der Waals surface area contributed by atoms with E-state index >= 15 is 0 Å². The van der Waals surface area contributed by atoms with E-state index in [-0.39, 0.29) is 10.1 Å². The molecule has 1 saturated heterocycles. The summed E-state index contributed by atoms with van der Waals surface area (Å²) in [5, 5.41) is 0.202. The van der Waals surface area contributed by atoms with Gasteiger partial charge in [-0.25, -0.2) is 0 Å². The first kappa shape index (κ1) is 18.2. The van der Waals surface area contributed by atoms with E-state index in [0.29, 0.717) is 12.2 Å². The summed E-state index contributed by atoms with van der Waals surface area (Å²) in [6.45, 7) is 18.4. The molecule has 2 nitrogen and oxygen atoms in total. The molecular formula is C17H36O2Si. The van der Waals surface area contributed by atoms with Gasteiger partial charge in [-0.05, 0) is 19.3 Å². The van der Waals surface area contributed by atoms with E-state index in [1.807, 2.05) is 0 Å². The Hall–Kier alpha value is 0.137. The van der Waals surface area contributed by atoms with Gasteiger partial charge in [0.05, 0.1) is 0 Å². The Morgan fingerprint density at radius 2 is 1.15 bits per heavy atom. The Bertz CT molecular complexity index is 271. The monoisotopic (exact) mass is 300 g/mol. The van der Waals surface area contributed by atoms with Crippen molar-refractivity contribution in [1.29, 1.82) is 0 Å². The second-order valence-electron chi connectivity index (χ2n) is 8.41. The lowest BCUT2D eigenvalue weighted by atomic mass is 10.0. The lowest BCUT2D eigenvalue weighted by Gasteiger charge is -2.55. The van der Waals surface area contributed by atoms with Gasteiger partial charge in [-0.15, -0.1) is 0 Å². The fourth-order valence-electron chi connectivity index (χ4n) is 3.72. The molecule has 0 aromatic carbocycles. The van der Waals surface area contributed by atoms with Gasteiger partial charge < -0.3 is 8.85 Å². The highest BCUT2D eigenvalue weighted by Gasteiger charge is 2.61. The molecule has 1 heterocycles. The highest BCUT2D eigenvalue weighted by atomic mass is 28.4. The lowest BCUT2D eigenvalue weighted by Crippen LogP contribution is -2.63. The summed E-state index contributed by atoms with van der Waals surface area (Å²) in [7, 11) is -2.29. The van der Waals surface area contributed by atoms with Crippen LogP contribution in [-0.4, -0.2) is 20.8 Å². The van der Waals surface area contributed by atoms with Crippen LogP contribution in [0.15, 0.2) is 0 Å². The van der Waals surface area contributed by atoms with Gasteiger partial charge in [-0.1, -0.05) is 68.2 Å². The van der Waals surface area contributed by atoms with Gasteiger partial charge in [-0.3, -0.25) is 0 Å². The SMILES string of the molecule is CCCC1CC(CCC)O[Si](C(C)(C)C)(C(C)(C)C)O1. The van der Waals surface area contributed by atoms with Crippen LogP contribution < -0.4 is 0 Å². The molecule has 0 spiro atoms. The molecule has 120 valence electrons. The van der Waals surface area contributed by atoms with Crippen molar-refractivity contribution in [1.82, 2.24) is 0 Å². The average Bonchev–Trinajstić information content (AvgIpc) is 2.26. The Kier molecular flexibility index (Phi) is 5.90. The Morgan fingerprint density at radius 1 is 0.800 bits per heavy atom. The predicted molar refractivity (Wildman–Crippen MR) is 89.4 cm³/mol. The summed E-state index contributed by atoms with van der Waals surface area (Å²) >= 11 is 0. The van der Waals surface area contributed by atoms with Crippen molar-refractivity contribution >= 4 is 8.56 Å². The minimum atomic E-state index is -2.29. The van der Waals surface area contributed by atoms with E-state index in [4.69, 9.17) is 8.85 Å². The van der Waals surface area contributed by atoms with Crippen LogP contribution in [0.3, 0.4) is 0 Å². The van der Waals surface area contributed by atoms with Crippen molar-refractivity contribution in [2.75, 3.05) is 0 Å². The first-order valence-electron chi connectivity index (χ1n) is 8.43. The third-order valence-electron chi connectivity index (χ3n) is 4.39. The van der Waals surface area contributed by atoms with E-state index < -0.39 is 8.56 Å². The minimum absolute atomic E-state index is 0.101. The molecule has 0 radical (unpaired) electrons. The molecule has 20 heavy (non-hydrogen) atoms. The zero-order valence-corrected chi connectivity index (χ0v) is 16.0. The summed E-state index contributed by atoms with van der Waals surface area (Å²) in [6.07, 6.45) is 6.62. The molecule has 3 heteroatoms. The molecule has 0 aromatic heterocycles. The zero-order valence-electron chi connectivity index (χ0n) is 15.0. The van der Waals surface area contributed by atoms with Gasteiger partial charge in [0, 0.05) is 22.3 Å². The number of hydrogen-bond donors (Lipinski definition) is 0. The number of rotatable bonds is 4. The molecule has 1 fully saturated rings. The minimum Gasteiger partial charge on any atom is -0.390 e.